The van der Waals surface area contributed by atoms with Gasteiger partial charge >= 0.3 is 0 Å². The van der Waals surface area contributed by atoms with Gasteiger partial charge in [-0.25, -0.2) is 4.98 Å². The molecule has 6 heteroatoms. The number of fused-ring (bicyclic) bond motifs is 2. The minimum atomic E-state index is -0.259. The minimum Gasteiger partial charge on any atom is -0.393 e. The van der Waals surface area contributed by atoms with Crippen molar-refractivity contribution in [2.24, 2.45) is 0 Å². The van der Waals surface area contributed by atoms with Crippen LogP contribution >= 0.6 is 0 Å². The van der Waals surface area contributed by atoms with Crippen LogP contribution in [0, 0.1) is 6.92 Å². The molecule has 0 aromatic carbocycles. The van der Waals surface area contributed by atoms with Crippen LogP contribution in [0.4, 0.5) is 0 Å². The molecule has 2 unspecified atom stereocenters. The van der Waals surface area contributed by atoms with Crippen molar-refractivity contribution in [1.82, 2.24) is 20.1 Å². The number of nitrogens with one attached hydrogen (secondary N) is 1. The van der Waals surface area contributed by atoms with Gasteiger partial charge in [0.25, 0.3) is 5.91 Å². The van der Waals surface area contributed by atoms with Crippen molar-refractivity contribution in [2.45, 2.75) is 50.8 Å². The maximum Gasteiger partial charge on any atom is 0.294 e. The van der Waals surface area contributed by atoms with E-state index in [0.717, 1.165) is 12.8 Å². The van der Waals surface area contributed by atoms with Gasteiger partial charge in [-0.1, -0.05) is 0 Å². The van der Waals surface area contributed by atoms with Crippen LogP contribution in [0.15, 0.2) is 0 Å². The van der Waals surface area contributed by atoms with E-state index in [1.165, 1.54) is 0 Å². The zero-order valence-corrected chi connectivity index (χ0v) is 9.76. The van der Waals surface area contributed by atoms with E-state index in [1.54, 1.807) is 6.92 Å². The van der Waals surface area contributed by atoms with Crippen LogP contribution in [0.5, 0.6) is 0 Å². The average Bonchev–Trinajstić information content (AvgIpc) is 2.81. The fraction of sp³-hybridized carbons (Fsp3) is 0.727. The van der Waals surface area contributed by atoms with Gasteiger partial charge < -0.3 is 10.0 Å². The zero-order valence-electron chi connectivity index (χ0n) is 9.76. The predicted octanol–water partition coefficient (Wildman–Crippen LogP) is 0.241. The van der Waals surface area contributed by atoms with Crippen LogP contribution in [0.2, 0.25) is 0 Å². The number of rotatable bonds is 1. The molecule has 3 heterocycles. The fourth-order valence-corrected chi connectivity index (χ4v) is 3.03. The summed E-state index contributed by atoms with van der Waals surface area (Å²) in [5, 5.41) is 16.3. The molecule has 2 aliphatic rings. The Balaban J connectivity index is 1.83. The Morgan fingerprint density at radius 2 is 2.06 bits per heavy atom. The zero-order chi connectivity index (χ0) is 12.0. The largest absolute Gasteiger partial charge is 0.393 e. The molecule has 17 heavy (non-hydrogen) atoms. The third-order valence-electron chi connectivity index (χ3n) is 3.73. The van der Waals surface area contributed by atoms with Crippen molar-refractivity contribution in [1.29, 1.82) is 0 Å². The first-order valence-electron chi connectivity index (χ1n) is 6.05. The van der Waals surface area contributed by atoms with Crippen LogP contribution < -0.4 is 0 Å². The van der Waals surface area contributed by atoms with E-state index in [9.17, 15) is 9.90 Å². The number of carbonyl (C=O) groups is 1. The third-order valence-corrected chi connectivity index (χ3v) is 3.73. The maximum absolute atomic E-state index is 12.3. The molecule has 2 aliphatic heterocycles. The lowest BCUT2D eigenvalue weighted by molar-refractivity contribution is 0.0278. The summed E-state index contributed by atoms with van der Waals surface area (Å²) in [5.41, 5.74) is 0. The quantitative estimate of drug-likeness (QED) is 0.731. The standard InChI is InChI=1S/C11H16N4O2/c1-6-12-10(14-13-6)11(17)15-7-2-3-8(15)5-9(16)4-7/h7-9,16H,2-5H2,1H3,(H,12,13,14). The number of piperidine rings is 1. The molecule has 2 fully saturated rings. The molecule has 92 valence electrons. The van der Waals surface area contributed by atoms with E-state index in [4.69, 9.17) is 0 Å². The Morgan fingerprint density at radius 3 is 2.59 bits per heavy atom. The van der Waals surface area contributed by atoms with Crippen molar-refractivity contribution in [3.63, 3.8) is 0 Å². The number of amides is 1. The Hall–Kier alpha value is -1.43. The van der Waals surface area contributed by atoms with Gasteiger partial charge in [-0.3, -0.25) is 9.89 Å². The van der Waals surface area contributed by atoms with E-state index in [0.29, 0.717) is 18.7 Å². The highest BCUT2D eigenvalue weighted by molar-refractivity contribution is 5.91. The van der Waals surface area contributed by atoms with Gasteiger partial charge in [-0.05, 0) is 32.6 Å². The second-order valence-corrected chi connectivity index (χ2v) is 4.97. The summed E-state index contributed by atoms with van der Waals surface area (Å²) in [6, 6.07) is 0.324. The number of carbonyl (C=O) groups excluding carboxylic acids is 1. The van der Waals surface area contributed by atoms with Crippen LogP contribution in [0.1, 0.15) is 42.1 Å². The predicted molar refractivity (Wildman–Crippen MR) is 59.3 cm³/mol. The van der Waals surface area contributed by atoms with Crippen LogP contribution in [0.25, 0.3) is 0 Å². The molecule has 6 nitrogen and oxygen atoms in total. The number of hydrogen-bond donors (Lipinski definition) is 2. The molecule has 0 aliphatic carbocycles. The SMILES string of the molecule is Cc1nc(C(=O)N2C3CCC2CC(O)C3)n[nH]1. The van der Waals surface area contributed by atoms with E-state index in [1.807, 2.05) is 4.90 Å². The number of aliphatic hydroxyl groups excluding tert-OH is 1. The fourth-order valence-electron chi connectivity index (χ4n) is 3.03. The third kappa shape index (κ3) is 1.72. The highest BCUT2D eigenvalue weighted by Gasteiger charge is 2.43. The summed E-state index contributed by atoms with van der Waals surface area (Å²) in [6.45, 7) is 1.78. The summed E-state index contributed by atoms with van der Waals surface area (Å²) in [5.74, 6) is 0.794. The first kappa shape index (κ1) is 10.7. The Kier molecular flexibility index (Phi) is 2.39. The lowest BCUT2D eigenvalue weighted by Crippen LogP contribution is -2.48. The Morgan fingerprint density at radius 1 is 1.41 bits per heavy atom. The normalized spacial score (nSPS) is 31.9. The summed E-state index contributed by atoms with van der Waals surface area (Å²) in [7, 11) is 0. The molecule has 0 spiro atoms. The van der Waals surface area contributed by atoms with Crippen LogP contribution in [0.3, 0.4) is 0 Å². The lowest BCUT2D eigenvalue weighted by atomic mass is 10.00. The number of hydrogen-bond acceptors (Lipinski definition) is 4. The lowest BCUT2D eigenvalue weighted by Gasteiger charge is -2.36. The van der Waals surface area contributed by atoms with E-state index in [2.05, 4.69) is 15.2 Å². The van der Waals surface area contributed by atoms with Crippen molar-refractivity contribution in [3.8, 4) is 0 Å². The summed E-state index contributed by atoms with van der Waals surface area (Å²) in [6.07, 6.45) is 3.08. The van der Waals surface area contributed by atoms with E-state index < -0.39 is 0 Å². The molecule has 1 aromatic rings. The molecule has 0 radical (unpaired) electrons. The smallest absolute Gasteiger partial charge is 0.294 e. The number of aryl methyl sites for hydroxylation is 1. The van der Waals surface area contributed by atoms with Crippen molar-refractivity contribution >= 4 is 5.91 Å². The summed E-state index contributed by atoms with van der Waals surface area (Å²) >= 11 is 0. The van der Waals surface area contributed by atoms with Crippen LogP contribution in [-0.2, 0) is 0 Å². The average molecular weight is 236 g/mol. The van der Waals surface area contributed by atoms with Crippen molar-refractivity contribution < 1.29 is 9.90 Å². The van der Waals surface area contributed by atoms with Gasteiger partial charge in [-0.15, -0.1) is 5.10 Å². The highest BCUT2D eigenvalue weighted by Crippen LogP contribution is 2.36. The first-order chi connectivity index (χ1) is 8.15. The minimum absolute atomic E-state index is 0.103. The van der Waals surface area contributed by atoms with Gasteiger partial charge in [0.2, 0.25) is 5.82 Å². The maximum atomic E-state index is 12.3. The molecule has 1 aromatic heterocycles. The number of aromatic nitrogens is 3. The molecule has 1 amide bonds. The van der Waals surface area contributed by atoms with Crippen LogP contribution in [-0.4, -0.2) is 49.3 Å². The number of H-pyrrole nitrogens is 1. The number of aromatic amines is 1. The van der Waals surface area contributed by atoms with Gasteiger partial charge in [0, 0.05) is 12.1 Å². The van der Waals surface area contributed by atoms with Gasteiger partial charge in [0.1, 0.15) is 5.82 Å². The van der Waals surface area contributed by atoms with Crippen molar-refractivity contribution in [2.75, 3.05) is 0 Å². The summed E-state index contributed by atoms with van der Waals surface area (Å²) < 4.78 is 0. The summed E-state index contributed by atoms with van der Waals surface area (Å²) in [4.78, 5) is 18.2. The Labute approximate surface area is 99.0 Å². The van der Waals surface area contributed by atoms with Gasteiger partial charge in [-0.2, -0.15) is 0 Å². The topological polar surface area (TPSA) is 82.1 Å². The Bertz CT molecular complexity index is 430. The van der Waals surface area contributed by atoms with E-state index in [-0.39, 0.29) is 29.9 Å². The molecule has 2 N–H and O–H groups in total. The van der Waals surface area contributed by atoms with E-state index >= 15 is 0 Å². The number of nitrogens with zero attached hydrogens (tertiary/aromatic N) is 3. The molecular weight excluding hydrogens is 220 g/mol. The highest BCUT2D eigenvalue weighted by atomic mass is 16.3. The monoisotopic (exact) mass is 236 g/mol. The second kappa shape index (κ2) is 3.80. The molecular formula is C11H16N4O2. The first-order valence-corrected chi connectivity index (χ1v) is 6.05. The molecule has 2 bridgehead atoms. The molecule has 2 atom stereocenters. The molecule has 0 saturated carbocycles. The molecule has 2 saturated heterocycles. The van der Waals surface area contributed by atoms with Crippen molar-refractivity contribution in [3.05, 3.63) is 11.6 Å². The van der Waals surface area contributed by atoms with Gasteiger partial charge in [0.05, 0.1) is 6.10 Å². The molecule has 3 rings (SSSR count). The van der Waals surface area contributed by atoms with Gasteiger partial charge in [0.15, 0.2) is 0 Å². The number of aliphatic hydroxyl groups is 1. The second-order valence-electron chi connectivity index (χ2n) is 4.97.